The highest BCUT2D eigenvalue weighted by Crippen LogP contribution is 1.97. The van der Waals surface area contributed by atoms with E-state index < -0.39 is 0 Å². The maximum absolute atomic E-state index is 10.3. The van der Waals surface area contributed by atoms with Gasteiger partial charge in [0.2, 0.25) is 0 Å². The Morgan fingerprint density at radius 1 is 1.40 bits per heavy atom. The van der Waals surface area contributed by atoms with Gasteiger partial charge in [-0.3, -0.25) is 4.90 Å². The summed E-state index contributed by atoms with van der Waals surface area (Å²) in [6.45, 7) is 0. The second-order valence-corrected chi connectivity index (χ2v) is 2.41. The second kappa shape index (κ2) is 5.11. The van der Waals surface area contributed by atoms with Crippen LogP contribution in [0.25, 0.3) is 0 Å². The van der Waals surface area contributed by atoms with E-state index in [1.165, 1.54) is 0 Å². The summed E-state index contributed by atoms with van der Waals surface area (Å²) in [5.74, 6) is 0. The van der Waals surface area contributed by atoms with Crippen molar-refractivity contribution in [3.63, 3.8) is 0 Å². The van der Waals surface area contributed by atoms with Crippen molar-refractivity contribution < 1.29 is 9.59 Å². The van der Waals surface area contributed by atoms with Gasteiger partial charge in [-0.15, -0.1) is 0 Å². The fourth-order valence-corrected chi connectivity index (χ4v) is 0.687. The van der Waals surface area contributed by atoms with E-state index in [-0.39, 0.29) is 6.04 Å². The molecule has 3 nitrogen and oxygen atoms in total. The highest BCUT2D eigenvalue weighted by molar-refractivity contribution is 5.59. The number of hydrogen-bond donors (Lipinski definition) is 0. The molecule has 1 unspecified atom stereocenters. The molecule has 0 saturated carbocycles. The minimum Gasteiger partial charge on any atom is -0.303 e. The van der Waals surface area contributed by atoms with Crippen LogP contribution in [0.2, 0.25) is 0 Å². The molecule has 0 amide bonds. The normalized spacial score (nSPS) is 13.1. The number of hydrogen-bond acceptors (Lipinski definition) is 3. The second-order valence-electron chi connectivity index (χ2n) is 2.41. The first-order valence-corrected chi connectivity index (χ1v) is 3.27. The molecule has 1 atom stereocenters. The van der Waals surface area contributed by atoms with Gasteiger partial charge in [0.15, 0.2) is 0 Å². The fraction of sp³-hybridized carbons (Fsp3) is 0.714. The minimum absolute atomic E-state index is 0.106. The largest absolute Gasteiger partial charge is 0.303 e. The molecule has 0 radical (unpaired) electrons. The first-order chi connectivity index (χ1) is 4.72. The minimum atomic E-state index is -0.106. The van der Waals surface area contributed by atoms with Gasteiger partial charge >= 0.3 is 0 Å². The first-order valence-electron chi connectivity index (χ1n) is 3.27. The average molecular weight is 143 g/mol. The van der Waals surface area contributed by atoms with Crippen LogP contribution in [0.1, 0.15) is 12.8 Å². The van der Waals surface area contributed by atoms with Gasteiger partial charge in [-0.1, -0.05) is 0 Å². The molecule has 0 N–H and O–H groups in total. The Labute approximate surface area is 61.0 Å². The highest BCUT2D eigenvalue weighted by Gasteiger charge is 2.07. The van der Waals surface area contributed by atoms with E-state index in [9.17, 15) is 9.59 Å². The van der Waals surface area contributed by atoms with Gasteiger partial charge in [0.25, 0.3) is 0 Å². The van der Waals surface area contributed by atoms with Crippen molar-refractivity contribution in [2.24, 2.45) is 0 Å². The maximum Gasteiger partial charge on any atom is 0.137 e. The van der Waals surface area contributed by atoms with Crippen LogP contribution in [0.5, 0.6) is 0 Å². The predicted octanol–water partition coefficient (Wildman–Crippen LogP) is 0.0946. The van der Waals surface area contributed by atoms with Crippen molar-refractivity contribution in [3.05, 3.63) is 0 Å². The van der Waals surface area contributed by atoms with Gasteiger partial charge in [0.1, 0.15) is 12.6 Å². The molecule has 0 aromatic heterocycles. The van der Waals surface area contributed by atoms with Crippen LogP contribution in [0.3, 0.4) is 0 Å². The fourth-order valence-electron chi connectivity index (χ4n) is 0.687. The molecule has 0 rings (SSSR count). The molecule has 0 spiro atoms. The molecule has 0 aliphatic heterocycles. The van der Waals surface area contributed by atoms with Crippen molar-refractivity contribution in [1.29, 1.82) is 0 Å². The Balaban J connectivity index is 3.59. The number of likely N-dealkylation sites (N-methyl/N-ethyl adjacent to an activating group) is 1. The van der Waals surface area contributed by atoms with E-state index in [4.69, 9.17) is 0 Å². The smallest absolute Gasteiger partial charge is 0.137 e. The zero-order chi connectivity index (χ0) is 7.98. The Morgan fingerprint density at radius 2 is 2.00 bits per heavy atom. The van der Waals surface area contributed by atoms with Gasteiger partial charge in [-0.2, -0.15) is 0 Å². The zero-order valence-electron chi connectivity index (χ0n) is 6.41. The third kappa shape index (κ3) is 3.35. The maximum atomic E-state index is 10.3. The van der Waals surface area contributed by atoms with Crippen LogP contribution in [-0.4, -0.2) is 37.6 Å². The molecule has 0 saturated heterocycles. The highest BCUT2D eigenvalue weighted by atomic mass is 16.1. The summed E-state index contributed by atoms with van der Waals surface area (Å²) < 4.78 is 0. The van der Waals surface area contributed by atoms with Crippen LogP contribution in [0, 0.1) is 0 Å². The third-order valence-electron chi connectivity index (χ3n) is 1.40. The van der Waals surface area contributed by atoms with Crippen LogP contribution >= 0.6 is 0 Å². The van der Waals surface area contributed by atoms with E-state index in [0.717, 1.165) is 12.6 Å². The number of rotatable bonds is 5. The molecular weight excluding hydrogens is 130 g/mol. The van der Waals surface area contributed by atoms with Crippen LogP contribution in [0.15, 0.2) is 0 Å². The number of carbonyl (C=O) groups excluding carboxylic acids is 2. The predicted molar refractivity (Wildman–Crippen MR) is 38.8 cm³/mol. The topological polar surface area (TPSA) is 37.4 Å². The van der Waals surface area contributed by atoms with Crippen molar-refractivity contribution in [3.8, 4) is 0 Å². The molecule has 0 aliphatic carbocycles. The lowest BCUT2D eigenvalue weighted by Gasteiger charge is -2.16. The number of aldehydes is 2. The van der Waals surface area contributed by atoms with E-state index in [1.807, 2.05) is 14.1 Å². The monoisotopic (exact) mass is 143 g/mol. The van der Waals surface area contributed by atoms with Crippen molar-refractivity contribution >= 4 is 12.6 Å². The molecule has 0 heterocycles. The lowest BCUT2D eigenvalue weighted by atomic mass is 10.2. The van der Waals surface area contributed by atoms with Crippen molar-refractivity contribution in [1.82, 2.24) is 4.90 Å². The third-order valence-corrected chi connectivity index (χ3v) is 1.40. The lowest BCUT2D eigenvalue weighted by molar-refractivity contribution is -0.112. The molecule has 10 heavy (non-hydrogen) atoms. The zero-order valence-corrected chi connectivity index (χ0v) is 6.41. The Morgan fingerprint density at radius 3 is 2.30 bits per heavy atom. The van der Waals surface area contributed by atoms with Crippen LogP contribution < -0.4 is 0 Å². The summed E-state index contributed by atoms with van der Waals surface area (Å²) in [6, 6.07) is -0.106. The summed E-state index contributed by atoms with van der Waals surface area (Å²) >= 11 is 0. The Bertz CT molecular complexity index is 112. The molecule has 0 fully saturated rings. The first kappa shape index (κ1) is 9.30. The summed E-state index contributed by atoms with van der Waals surface area (Å²) in [5, 5.41) is 0. The van der Waals surface area contributed by atoms with E-state index >= 15 is 0 Å². The van der Waals surface area contributed by atoms with Crippen LogP contribution in [-0.2, 0) is 9.59 Å². The summed E-state index contributed by atoms with van der Waals surface area (Å²) in [5.41, 5.74) is 0. The quantitative estimate of drug-likeness (QED) is 0.512. The molecule has 3 heteroatoms. The molecule has 58 valence electrons. The van der Waals surface area contributed by atoms with Gasteiger partial charge in [0, 0.05) is 6.42 Å². The lowest BCUT2D eigenvalue weighted by Crippen LogP contribution is -2.29. The van der Waals surface area contributed by atoms with E-state index in [1.54, 1.807) is 4.90 Å². The average Bonchev–Trinajstić information content (AvgIpc) is 1.89. The molecule has 0 aliphatic rings. The summed E-state index contributed by atoms with van der Waals surface area (Å²) in [4.78, 5) is 22.0. The van der Waals surface area contributed by atoms with E-state index in [0.29, 0.717) is 12.8 Å². The summed E-state index contributed by atoms with van der Waals surface area (Å²) in [6.07, 6.45) is 2.78. The molecule has 0 aromatic carbocycles. The standard InChI is InChI=1S/C7H13NO2/c1-8(2)7(6-10)4-3-5-9/h5-7H,3-4H2,1-2H3. The number of carbonyl (C=O) groups is 2. The van der Waals surface area contributed by atoms with E-state index in [2.05, 4.69) is 0 Å². The van der Waals surface area contributed by atoms with Gasteiger partial charge in [-0.05, 0) is 20.5 Å². The van der Waals surface area contributed by atoms with Crippen LogP contribution in [0.4, 0.5) is 0 Å². The SMILES string of the molecule is CN(C)C(C=O)CCC=O. The number of nitrogens with zero attached hydrogens (tertiary/aromatic N) is 1. The Kier molecular flexibility index (Phi) is 4.76. The van der Waals surface area contributed by atoms with Crippen molar-refractivity contribution in [2.75, 3.05) is 14.1 Å². The molecule has 0 aromatic rings. The Hall–Kier alpha value is -0.700. The van der Waals surface area contributed by atoms with Gasteiger partial charge in [0.05, 0.1) is 6.04 Å². The molecular formula is C7H13NO2. The molecule has 0 bridgehead atoms. The van der Waals surface area contributed by atoms with Crippen molar-refractivity contribution in [2.45, 2.75) is 18.9 Å². The van der Waals surface area contributed by atoms with Gasteiger partial charge in [-0.25, -0.2) is 0 Å². The van der Waals surface area contributed by atoms with Gasteiger partial charge < -0.3 is 9.59 Å². The summed E-state index contributed by atoms with van der Waals surface area (Å²) in [7, 11) is 3.65.